The van der Waals surface area contributed by atoms with Crippen LogP contribution in [0.15, 0.2) is 22.7 Å². The number of nitrogens with one attached hydrogen (secondary N) is 1. The highest BCUT2D eigenvalue weighted by molar-refractivity contribution is 9.10. The zero-order valence-corrected chi connectivity index (χ0v) is 13.4. The van der Waals surface area contributed by atoms with Gasteiger partial charge in [0.1, 0.15) is 5.75 Å². The number of methoxy groups -OCH3 is 1. The lowest BCUT2D eigenvalue weighted by Crippen LogP contribution is -2.55. The molecule has 0 aliphatic heterocycles. The topological polar surface area (TPSA) is 64.3 Å². The number of halogens is 1. The van der Waals surface area contributed by atoms with E-state index in [1.165, 1.54) is 0 Å². The van der Waals surface area contributed by atoms with Gasteiger partial charge in [-0.25, -0.2) is 0 Å². The van der Waals surface area contributed by atoms with Crippen molar-refractivity contribution in [2.24, 2.45) is 11.7 Å². The Morgan fingerprint density at radius 3 is 2.58 bits per heavy atom. The Bertz CT molecular complexity index is 463. The summed E-state index contributed by atoms with van der Waals surface area (Å²) in [5, 5.41) is 3.00. The van der Waals surface area contributed by atoms with Crippen LogP contribution in [0.25, 0.3) is 0 Å². The standard InChI is InChI=1S/C14H21BrN2O2/c1-9(2)14(3,8-16)17-13(18)10-5-6-12(19-4)11(15)7-10/h5-7,9H,8,16H2,1-4H3,(H,17,18). The van der Waals surface area contributed by atoms with Crippen molar-refractivity contribution in [2.45, 2.75) is 26.3 Å². The molecule has 0 aliphatic carbocycles. The van der Waals surface area contributed by atoms with Crippen molar-refractivity contribution in [2.75, 3.05) is 13.7 Å². The number of nitrogens with two attached hydrogens (primary N) is 1. The predicted octanol–water partition coefficient (Wildman–Crippen LogP) is 2.56. The lowest BCUT2D eigenvalue weighted by Gasteiger charge is -2.33. The third kappa shape index (κ3) is 3.70. The molecule has 0 aromatic heterocycles. The van der Waals surface area contributed by atoms with Gasteiger partial charge in [0.05, 0.1) is 17.1 Å². The Labute approximate surface area is 122 Å². The first-order valence-corrected chi connectivity index (χ1v) is 6.99. The molecule has 0 bridgehead atoms. The first-order valence-electron chi connectivity index (χ1n) is 6.20. The quantitative estimate of drug-likeness (QED) is 0.873. The molecule has 0 aliphatic rings. The van der Waals surface area contributed by atoms with E-state index >= 15 is 0 Å². The molecule has 1 amide bonds. The maximum atomic E-state index is 12.2. The van der Waals surface area contributed by atoms with Gasteiger partial charge in [-0.1, -0.05) is 13.8 Å². The van der Waals surface area contributed by atoms with Crippen molar-refractivity contribution < 1.29 is 9.53 Å². The van der Waals surface area contributed by atoms with Crippen LogP contribution in [0.3, 0.4) is 0 Å². The van der Waals surface area contributed by atoms with Gasteiger partial charge in [0.25, 0.3) is 5.91 Å². The van der Waals surface area contributed by atoms with Gasteiger partial charge in [-0.2, -0.15) is 0 Å². The Morgan fingerprint density at radius 2 is 2.16 bits per heavy atom. The van der Waals surface area contributed by atoms with Gasteiger partial charge < -0.3 is 15.8 Å². The molecule has 0 saturated carbocycles. The van der Waals surface area contributed by atoms with Gasteiger partial charge >= 0.3 is 0 Å². The van der Waals surface area contributed by atoms with E-state index in [2.05, 4.69) is 21.2 Å². The van der Waals surface area contributed by atoms with Crippen molar-refractivity contribution in [3.8, 4) is 5.75 Å². The summed E-state index contributed by atoms with van der Waals surface area (Å²) in [6.07, 6.45) is 0. The summed E-state index contributed by atoms with van der Waals surface area (Å²) in [4.78, 5) is 12.2. The number of rotatable bonds is 5. The zero-order chi connectivity index (χ0) is 14.6. The fourth-order valence-corrected chi connectivity index (χ4v) is 2.11. The summed E-state index contributed by atoms with van der Waals surface area (Å²) in [6, 6.07) is 5.23. The molecule has 4 nitrogen and oxygen atoms in total. The third-order valence-electron chi connectivity index (χ3n) is 3.51. The van der Waals surface area contributed by atoms with Gasteiger partial charge in [0.2, 0.25) is 0 Å². The number of hydrogen-bond donors (Lipinski definition) is 2. The van der Waals surface area contributed by atoms with Crippen LogP contribution in [-0.2, 0) is 0 Å². The molecule has 0 saturated heterocycles. The summed E-state index contributed by atoms with van der Waals surface area (Å²) < 4.78 is 5.89. The number of hydrogen-bond acceptors (Lipinski definition) is 3. The minimum Gasteiger partial charge on any atom is -0.496 e. The van der Waals surface area contributed by atoms with E-state index in [0.29, 0.717) is 17.9 Å². The first kappa shape index (κ1) is 16.0. The fourth-order valence-electron chi connectivity index (χ4n) is 1.57. The molecule has 1 rings (SSSR count). The van der Waals surface area contributed by atoms with Crippen LogP contribution in [0.1, 0.15) is 31.1 Å². The van der Waals surface area contributed by atoms with Gasteiger partial charge in [-0.05, 0) is 47.0 Å². The van der Waals surface area contributed by atoms with E-state index in [0.717, 1.165) is 4.47 Å². The van der Waals surface area contributed by atoms with Crippen molar-refractivity contribution in [1.29, 1.82) is 0 Å². The van der Waals surface area contributed by atoms with Crippen LogP contribution >= 0.6 is 15.9 Å². The van der Waals surface area contributed by atoms with E-state index in [4.69, 9.17) is 10.5 Å². The van der Waals surface area contributed by atoms with Gasteiger partial charge in [0, 0.05) is 12.1 Å². The van der Waals surface area contributed by atoms with E-state index in [1.54, 1.807) is 25.3 Å². The van der Waals surface area contributed by atoms with Crippen LogP contribution in [0.5, 0.6) is 5.75 Å². The minimum absolute atomic E-state index is 0.134. The van der Waals surface area contributed by atoms with Gasteiger partial charge in [0.15, 0.2) is 0 Å². The third-order valence-corrected chi connectivity index (χ3v) is 4.13. The Morgan fingerprint density at radius 1 is 1.53 bits per heavy atom. The number of amides is 1. The van der Waals surface area contributed by atoms with Crippen molar-refractivity contribution in [3.05, 3.63) is 28.2 Å². The molecule has 1 aromatic carbocycles. The average Bonchev–Trinajstić information content (AvgIpc) is 2.38. The lowest BCUT2D eigenvalue weighted by molar-refractivity contribution is 0.0883. The van der Waals surface area contributed by atoms with Crippen LogP contribution in [0.4, 0.5) is 0 Å². The number of carbonyl (C=O) groups excluding carboxylic acids is 1. The van der Waals surface area contributed by atoms with Crippen LogP contribution in [0, 0.1) is 5.92 Å². The molecule has 1 unspecified atom stereocenters. The SMILES string of the molecule is COc1ccc(C(=O)NC(C)(CN)C(C)C)cc1Br. The smallest absolute Gasteiger partial charge is 0.251 e. The van der Waals surface area contributed by atoms with Crippen molar-refractivity contribution >= 4 is 21.8 Å². The molecule has 0 radical (unpaired) electrons. The Hall–Kier alpha value is -1.07. The highest BCUT2D eigenvalue weighted by Crippen LogP contribution is 2.26. The van der Waals surface area contributed by atoms with Crippen LogP contribution in [-0.4, -0.2) is 25.1 Å². The van der Waals surface area contributed by atoms with E-state index in [1.807, 2.05) is 20.8 Å². The summed E-state index contributed by atoms with van der Waals surface area (Å²) in [5.74, 6) is 0.815. The molecule has 0 fully saturated rings. The molecular formula is C14H21BrN2O2. The van der Waals surface area contributed by atoms with Gasteiger partial charge in [-0.15, -0.1) is 0 Å². The van der Waals surface area contributed by atoms with E-state index in [-0.39, 0.29) is 11.8 Å². The summed E-state index contributed by atoms with van der Waals surface area (Å²) in [7, 11) is 1.59. The van der Waals surface area contributed by atoms with E-state index in [9.17, 15) is 4.79 Å². The second kappa shape index (κ2) is 6.39. The van der Waals surface area contributed by atoms with Crippen molar-refractivity contribution in [1.82, 2.24) is 5.32 Å². The molecule has 19 heavy (non-hydrogen) atoms. The first-order chi connectivity index (χ1) is 8.84. The predicted molar refractivity (Wildman–Crippen MR) is 80.5 cm³/mol. The monoisotopic (exact) mass is 328 g/mol. The second-order valence-electron chi connectivity index (χ2n) is 5.08. The fraction of sp³-hybridized carbons (Fsp3) is 0.500. The number of benzene rings is 1. The second-order valence-corrected chi connectivity index (χ2v) is 5.93. The Balaban J connectivity index is 2.92. The number of ether oxygens (including phenoxy) is 1. The minimum atomic E-state index is -0.413. The summed E-state index contributed by atoms with van der Waals surface area (Å²) >= 11 is 3.37. The molecule has 5 heteroatoms. The summed E-state index contributed by atoms with van der Waals surface area (Å²) in [5.41, 5.74) is 5.93. The largest absolute Gasteiger partial charge is 0.496 e. The number of carbonyl (C=O) groups is 1. The van der Waals surface area contributed by atoms with Crippen LogP contribution < -0.4 is 15.8 Å². The molecule has 0 spiro atoms. The van der Waals surface area contributed by atoms with Crippen molar-refractivity contribution in [3.63, 3.8) is 0 Å². The highest BCUT2D eigenvalue weighted by atomic mass is 79.9. The van der Waals surface area contributed by atoms with Crippen LogP contribution in [0.2, 0.25) is 0 Å². The van der Waals surface area contributed by atoms with Gasteiger partial charge in [-0.3, -0.25) is 4.79 Å². The molecule has 1 atom stereocenters. The molecule has 3 N–H and O–H groups in total. The maximum Gasteiger partial charge on any atom is 0.251 e. The average molecular weight is 329 g/mol. The molecule has 1 aromatic rings. The molecular weight excluding hydrogens is 308 g/mol. The molecule has 106 valence electrons. The lowest BCUT2D eigenvalue weighted by atomic mass is 9.88. The Kier molecular flexibility index (Phi) is 5.38. The highest BCUT2D eigenvalue weighted by Gasteiger charge is 2.29. The zero-order valence-electron chi connectivity index (χ0n) is 11.8. The summed E-state index contributed by atoms with van der Waals surface area (Å²) in [6.45, 7) is 6.43. The van der Waals surface area contributed by atoms with E-state index < -0.39 is 5.54 Å². The normalized spacial score (nSPS) is 14.1. The molecule has 0 heterocycles. The maximum absolute atomic E-state index is 12.2.